The van der Waals surface area contributed by atoms with E-state index in [0.29, 0.717) is 10.8 Å². The molecule has 1 aromatic heterocycles. The number of nitrogen functional groups attached to an aromatic ring is 1. The van der Waals surface area contributed by atoms with Crippen molar-refractivity contribution in [3.63, 3.8) is 0 Å². The van der Waals surface area contributed by atoms with Crippen molar-refractivity contribution < 1.29 is 60.6 Å². The smallest absolute Gasteiger partial charge is 0.487 e. The number of aliphatic hydroxyl groups is 1. The monoisotopic (exact) mass is 532 g/mol. The van der Waals surface area contributed by atoms with Gasteiger partial charge in [-0.1, -0.05) is 0 Å². The van der Waals surface area contributed by atoms with E-state index in [1.54, 1.807) is 0 Å². The molecule has 1 aromatic rings. The molecule has 21 heteroatoms. The molecule has 0 saturated carbocycles. The zero-order chi connectivity index (χ0) is 24.0. The van der Waals surface area contributed by atoms with E-state index in [-0.39, 0.29) is 0 Å². The van der Waals surface area contributed by atoms with Crippen molar-refractivity contribution in [2.24, 2.45) is 0 Å². The van der Waals surface area contributed by atoms with Crippen molar-refractivity contribution in [3.8, 4) is 0 Å². The molecule has 31 heavy (non-hydrogen) atoms. The summed E-state index contributed by atoms with van der Waals surface area (Å²) < 4.78 is 64.3. The van der Waals surface area contributed by atoms with Crippen molar-refractivity contribution >= 4 is 40.9 Å². The van der Waals surface area contributed by atoms with Crippen molar-refractivity contribution in [3.05, 3.63) is 22.5 Å². The van der Waals surface area contributed by atoms with Gasteiger partial charge in [0.2, 0.25) is 0 Å². The van der Waals surface area contributed by atoms with Gasteiger partial charge in [-0.25, -0.2) is 22.6 Å². The van der Waals surface area contributed by atoms with Gasteiger partial charge in [0, 0.05) is 0 Å². The highest BCUT2D eigenvalue weighted by atomic mass is 35.5. The van der Waals surface area contributed by atoms with Crippen LogP contribution < -0.4 is 16.3 Å². The number of phosphoric ester groups is 1. The Morgan fingerprint density at radius 2 is 1.94 bits per heavy atom. The van der Waals surface area contributed by atoms with Gasteiger partial charge in [0.05, 0.1) is 12.8 Å². The number of aromatic nitrogens is 2. The van der Waals surface area contributed by atoms with Gasteiger partial charge in [0.25, 0.3) is 7.82 Å². The number of nitrogens with zero attached hydrogens (tertiary/aromatic N) is 2. The molecule has 0 aromatic carbocycles. The molecule has 2 heterocycles. The lowest BCUT2D eigenvalue weighted by Crippen LogP contribution is -2.42. The van der Waals surface area contributed by atoms with Crippen LogP contribution in [0.5, 0.6) is 0 Å². The van der Waals surface area contributed by atoms with E-state index in [2.05, 4.69) is 18.1 Å². The molecule has 178 valence electrons. The highest BCUT2D eigenvalue weighted by Gasteiger charge is 2.54. The fraction of sp³-hybridized carbons (Fsp3) is 0.600. The van der Waals surface area contributed by atoms with E-state index in [0.717, 1.165) is 0 Å². The number of hydrogen-bond acceptors (Lipinski definition) is 12. The average Bonchev–Trinajstić information content (AvgIpc) is 2.76. The molecule has 7 atom stereocenters. The Morgan fingerprint density at radius 1 is 1.35 bits per heavy atom. The van der Waals surface area contributed by atoms with Crippen LogP contribution in [0.25, 0.3) is 0 Å². The summed E-state index contributed by atoms with van der Waals surface area (Å²) in [6, 6.07) is 0. The Kier molecular flexibility index (Phi) is 7.58. The maximum absolute atomic E-state index is 13.7. The fourth-order valence-electron chi connectivity index (χ4n) is 2.44. The van der Waals surface area contributed by atoms with Crippen LogP contribution in [-0.4, -0.2) is 53.0 Å². The number of alkyl halides is 1. The Morgan fingerprint density at radius 3 is 2.48 bits per heavy atom. The number of aliphatic hydroxyl groups excluding tert-OH is 1. The van der Waals surface area contributed by atoms with Crippen molar-refractivity contribution in [1.82, 2.24) is 9.55 Å². The summed E-state index contributed by atoms with van der Waals surface area (Å²) in [5.41, 5.74) is 4.07. The summed E-state index contributed by atoms with van der Waals surface area (Å²) >= 11 is 6.17. The van der Waals surface area contributed by atoms with Crippen LogP contribution in [-0.2, 0) is 31.6 Å². The molecule has 1 aliphatic heterocycles. The van der Waals surface area contributed by atoms with Crippen LogP contribution >= 0.6 is 35.1 Å². The molecular weight excluding hydrogens is 517 g/mol. The van der Waals surface area contributed by atoms with E-state index >= 15 is 0 Å². The van der Waals surface area contributed by atoms with Crippen LogP contribution in [0.15, 0.2) is 11.0 Å². The average molecular weight is 533 g/mol. The second-order valence-corrected chi connectivity index (χ2v) is 11.3. The first-order chi connectivity index (χ1) is 13.8. The van der Waals surface area contributed by atoms with Crippen LogP contribution in [0.4, 0.5) is 10.2 Å². The molecule has 2 rings (SSSR count). The summed E-state index contributed by atoms with van der Waals surface area (Å²) in [6.45, 7) is 0.101. The lowest BCUT2D eigenvalue weighted by atomic mass is 10.0. The molecule has 6 N–H and O–H groups in total. The Labute approximate surface area is 176 Å². The maximum Gasteiger partial charge on any atom is 0.487 e. The number of phosphoric acid groups is 3. The minimum Gasteiger partial charge on any atom is -0.756 e. The summed E-state index contributed by atoms with van der Waals surface area (Å²) in [5.74, 6) is -1.83. The van der Waals surface area contributed by atoms with E-state index in [9.17, 15) is 37.8 Å². The van der Waals surface area contributed by atoms with Gasteiger partial charge < -0.3 is 35.2 Å². The summed E-state index contributed by atoms with van der Waals surface area (Å²) in [6.07, 6.45) is -4.31. The molecule has 0 spiro atoms. The van der Waals surface area contributed by atoms with Crippen LogP contribution in [0.2, 0.25) is 0 Å². The molecule has 3 unspecified atom stereocenters. The summed E-state index contributed by atoms with van der Waals surface area (Å²) in [7, 11) is -17.2. The predicted octanol–water partition coefficient (Wildman–Crippen LogP) is -1.07. The maximum atomic E-state index is 13.7. The standard InChI is InChI=1S/C10H16ClFN3O13P3/c1-10(11)6(16)5(26-8(10)15-2-4(12)7(13)14-9(15)17)3-25-30(21,22)28-31(23,24)27-29(18,19)20/h2,5-6,8,16H,3H2,1H3,(H,21,22)(H,23,24)(H2,13,14,17)(H2,18,19,20)/p-1/t5-,6-,8-,10-/m1/s1. The third kappa shape index (κ3) is 6.62. The second kappa shape index (κ2) is 8.88. The van der Waals surface area contributed by atoms with Crippen LogP contribution in [0, 0.1) is 5.82 Å². The van der Waals surface area contributed by atoms with Gasteiger partial charge in [0.1, 0.15) is 17.1 Å². The molecule has 0 radical (unpaired) electrons. The molecule has 0 bridgehead atoms. The quantitative estimate of drug-likeness (QED) is 0.197. The third-order valence-electron chi connectivity index (χ3n) is 3.72. The number of rotatable bonds is 8. The third-order valence-corrected chi connectivity index (χ3v) is 7.91. The highest BCUT2D eigenvalue weighted by Crippen LogP contribution is 2.65. The zero-order valence-electron chi connectivity index (χ0n) is 15.0. The van der Waals surface area contributed by atoms with Crippen molar-refractivity contribution in [2.75, 3.05) is 12.3 Å². The highest BCUT2D eigenvalue weighted by molar-refractivity contribution is 7.66. The van der Waals surface area contributed by atoms with E-state index in [1.807, 2.05) is 0 Å². The number of ether oxygens (including phenoxy) is 1. The number of nitrogens with two attached hydrogens (primary N) is 1. The second-order valence-electron chi connectivity index (χ2n) is 6.15. The Bertz CT molecular complexity index is 1050. The Balaban J connectivity index is 2.16. The SMILES string of the molecule is C[C@@]1(Cl)[C@H](O)[C@@H](COP(=O)(O)OP(=O)(O)OP(=O)([O-])O)O[C@H]1n1cc(F)c(N)nc1=O. The van der Waals surface area contributed by atoms with Gasteiger partial charge in [-0.2, -0.15) is 9.29 Å². The predicted molar refractivity (Wildman–Crippen MR) is 94.6 cm³/mol. The first-order valence-corrected chi connectivity index (χ1v) is 12.5. The van der Waals surface area contributed by atoms with E-state index in [4.69, 9.17) is 31.9 Å². The number of anilines is 1. The lowest BCUT2D eigenvalue weighted by molar-refractivity contribution is -0.212. The number of hydrogen-bond donors (Lipinski definition) is 5. The van der Waals surface area contributed by atoms with Crippen molar-refractivity contribution in [2.45, 2.75) is 30.2 Å². The molecule has 1 saturated heterocycles. The normalized spacial score (nSPS) is 32.2. The molecule has 1 fully saturated rings. The minimum atomic E-state index is -5.83. The zero-order valence-corrected chi connectivity index (χ0v) is 18.5. The van der Waals surface area contributed by atoms with Crippen molar-refractivity contribution in [1.29, 1.82) is 0 Å². The largest absolute Gasteiger partial charge is 0.756 e. The lowest BCUT2D eigenvalue weighted by Gasteiger charge is -2.26. The summed E-state index contributed by atoms with van der Waals surface area (Å²) in [4.78, 5) is 50.7. The van der Waals surface area contributed by atoms with E-state index in [1.165, 1.54) is 6.92 Å². The molecule has 16 nitrogen and oxygen atoms in total. The molecule has 0 aliphatic carbocycles. The fourth-order valence-corrected chi connectivity index (χ4v) is 5.74. The molecule has 0 amide bonds. The first-order valence-electron chi connectivity index (χ1n) is 7.68. The number of halogens is 2. The van der Waals surface area contributed by atoms with Crippen LogP contribution in [0.3, 0.4) is 0 Å². The van der Waals surface area contributed by atoms with Gasteiger partial charge in [-0.3, -0.25) is 13.7 Å². The van der Waals surface area contributed by atoms with E-state index < -0.39 is 70.7 Å². The van der Waals surface area contributed by atoms with Gasteiger partial charge >= 0.3 is 21.3 Å². The van der Waals surface area contributed by atoms with Crippen LogP contribution in [0.1, 0.15) is 13.2 Å². The van der Waals surface area contributed by atoms with Gasteiger partial charge in [-0.05, 0) is 6.92 Å². The van der Waals surface area contributed by atoms with Gasteiger partial charge in [-0.15, -0.1) is 11.6 Å². The Hall–Kier alpha value is -0.770. The minimum absolute atomic E-state index is 0.555. The first kappa shape index (κ1) is 26.5. The topological polar surface area (TPSA) is 253 Å². The molecule has 1 aliphatic rings. The summed E-state index contributed by atoms with van der Waals surface area (Å²) in [5, 5.41) is 10.3. The molecular formula is C10H15ClFN3O13P3-. The van der Waals surface area contributed by atoms with Gasteiger partial charge in [0.15, 0.2) is 17.9 Å².